The van der Waals surface area contributed by atoms with Gasteiger partial charge < -0.3 is 10.0 Å². The van der Waals surface area contributed by atoms with Crippen LogP contribution in [0.1, 0.15) is 50.2 Å². The van der Waals surface area contributed by atoms with Gasteiger partial charge in [-0.15, -0.1) is 0 Å². The molecule has 0 saturated heterocycles. The van der Waals surface area contributed by atoms with E-state index in [1.165, 1.54) is 4.90 Å². The number of rotatable bonds is 5. The molecule has 1 fully saturated rings. The number of nitrogens with zero attached hydrogens (tertiary/aromatic N) is 3. The lowest BCUT2D eigenvalue weighted by Gasteiger charge is -2.33. The Hall–Kier alpha value is -1.92. The molecule has 1 aromatic heterocycles. The van der Waals surface area contributed by atoms with Gasteiger partial charge >= 0.3 is 5.97 Å². The van der Waals surface area contributed by atoms with Gasteiger partial charge in [0.05, 0.1) is 12.0 Å². The number of aromatic nitrogens is 3. The summed E-state index contributed by atoms with van der Waals surface area (Å²) in [6.07, 6.45) is 4.04. The van der Waals surface area contributed by atoms with Gasteiger partial charge in [-0.1, -0.05) is 19.3 Å². The summed E-state index contributed by atoms with van der Waals surface area (Å²) in [5, 5.41) is 16.2. The first-order valence-electron chi connectivity index (χ1n) is 7.28. The fraction of sp³-hybridized carbons (Fsp3) is 0.714. The average Bonchev–Trinajstić information content (AvgIpc) is 2.85. The first-order chi connectivity index (χ1) is 9.93. The number of aromatic amines is 1. The zero-order chi connectivity index (χ0) is 15.5. The Kier molecular flexibility index (Phi) is 4.59. The number of carboxylic acids is 1. The second kappa shape index (κ2) is 6.24. The van der Waals surface area contributed by atoms with Crippen molar-refractivity contribution in [3.63, 3.8) is 0 Å². The summed E-state index contributed by atoms with van der Waals surface area (Å²) in [4.78, 5) is 29.6. The van der Waals surface area contributed by atoms with Crippen LogP contribution in [-0.4, -0.2) is 44.1 Å². The number of carbonyl (C=O) groups excluding carboxylic acids is 1. The van der Waals surface area contributed by atoms with Gasteiger partial charge in [-0.3, -0.25) is 14.7 Å². The molecule has 1 aromatic rings. The van der Waals surface area contributed by atoms with Gasteiger partial charge in [0.2, 0.25) is 5.91 Å². The van der Waals surface area contributed by atoms with Crippen molar-refractivity contribution < 1.29 is 14.7 Å². The molecule has 0 unspecified atom stereocenters. The van der Waals surface area contributed by atoms with Crippen LogP contribution < -0.4 is 0 Å². The number of hydrogen-bond donors (Lipinski definition) is 2. The largest absolute Gasteiger partial charge is 0.481 e. The minimum atomic E-state index is -0.890. The molecule has 0 bridgehead atoms. The summed E-state index contributed by atoms with van der Waals surface area (Å²) >= 11 is 0. The second-order valence-electron chi connectivity index (χ2n) is 5.91. The van der Waals surface area contributed by atoms with E-state index >= 15 is 0 Å². The van der Waals surface area contributed by atoms with Gasteiger partial charge in [0.15, 0.2) is 5.82 Å². The summed E-state index contributed by atoms with van der Waals surface area (Å²) in [6, 6.07) is 0. The van der Waals surface area contributed by atoms with Gasteiger partial charge in [0.25, 0.3) is 0 Å². The molecule has 1 aliphatic carbocycles. The number of carbonyl (C=O) groups is 2. The lowest BCUT2D eigenvalue weighted by atomic mass is 9.71. The lowest BCUT2D eigenvalue weighted by molar-refractivity contribution is -0.155. The maximum Gasteiger partial charge on any atom is 0.310 e. The van der Waals surface area contributed by atoms with Crippen molar-refractivity contribution in [1.82, 2.24) is 20.1 Å². The van der Waals surface area contributed by atoms with Crippen LogP contribution in [0.15, 0.2) is 0 Å². The van der Waals surface area contributed by atoms with Crippen LogP contribution in [0, 0.1) is 12.3 Å². The SMILES string of the molecule is Cc1nc(CN(C)C(=O)CC2(C(=O)O)CCCCC2)n[nH]1. The van der Waals surface area contributed by atoms with E-state index in [0.29, 0.717) is 31.0 Å². The molecular weight excluding hydrogens is 272 g/mol. The summed E-state index contributed by atoms with van der Waals surface area (Å²) in [6.45, 7) is 2.08. The predicted octanol–water partition coefficient (Wildman–Crippen LogP) is 1.50. The quantitative estimate of drug-likeness (QED) is 0.857. The Labute approximate surface area is 123 Å². The van der Waals surface area contributed by atoms with Crippen LogP contribution in [0.3, 0.4) is 0 Å². The molecule has 2 N–H and O–H groups in total. The van der Waals surface area contributed by atoms with Gasteiger partial charge in [0.1, 0.15) is 5.82 Å². The number of aryl methyl sites for hydroxylation is 1. The van der Waals surface area contributed by atoms with E-state index in [0.717, 1.165) is 19.3 Å². The Morgan fingerprint density at radius 3 is 2.52 bits per heavy atom. The van der Waals surface area contributed by atoms with E-state index < -0.39 is 11.4 Å². The zero-order valence-electron chi connectivity index (χ0n) is 12.6. The standard InChI is InChI=1S/C14H22N4O3/c1-10-15-11(17-16-10)9-18(2)12(19)8-14(13(20)21)6-4-3-5-7-14/h3-9H2,1-2H3,(H,20,21)(H,15,16,17). The molecule has 116 valence electrons. The van der Waals surface area contributed by atoms with E-state index in [2.05, 4.69) is 15.2 Å². The third-order valence-electron chi connectivity index (χ3n) is 4.20. The van der Waals surface area contributed by atoms with Gasteiger partial charge in [-0.05, 0) is 19.8 Å². The maximum absolute atomic E-state index is 12.3. The van der Waals surface area contributed by atoms with Crippen molar-refractivity contribution in [1.29, 1.82) is 0 Å². The third-order valence-corrected chi connectivity index (χ3v) is 4.20. The van der Waals surface area contributed by atoms with Crippen molar-refractivity contribution in [2.24, 2.45) is 5.41 Å². The molecule has 1 aliphatic rings. The molecule has 0 spiro atoms. The van der Waals surface area contributed by atoms with Gasteiger partial charge in [-0.2, -0.15) is 5.10 Å². The monoisotopic (exact) mass is 294 g/mol. The number of hydrogen-bond acceptors (Lipinski definition) is 4. The summed E-state index contributed by atoms with van der Waals surface area (Å²) in [7, 11) is 1.66. The highest BCUT2D eigenvalue weighted by atomic mass is 16.4. The van der Waals surface area contributed by atoms with Crippen molar-refractivity contribution >= 4 is 11.9 Å². The van der Waals surface area contributed by atoms with Crippen molar-refractivity contribution in [3.05, 3.63) is 11.6 Å². The van der Waals surface area contributed by atoms with Crippen molar-refractivity contribution in [2.75, 3.05) is 7.05 Å². The molecule has 0 aromatic carbocycles. The van der Waals surface area contributed by atoms with E-state index in [4.69, 9.17) is 0 Å². The molecule has 1 amide bonds. The van der Waals surface area contributed by atoms with Crippen molar-refractivity contribution in [3.8, 4) is 0 Å². The molecule has 0 radical (unpaired) electrons. The fourth-order valence-electron chi connectivity index (χ4n) is 2.88. The number of carboxylic acid groups (broad SMARTS) is 1. The molecule has 7 nitrogen and oxygen atoms in total. The summed E-state index contributed by atoms with van der Waals surface area (Å²) in [5.74, 6) is 0.218. The van der Waals surface area contributed by atoms with Crippen LogP contribution in [0.5, 0.6) is 0 Å². The molecule has 21 heavy (non-hydrogen) atoms. The van der Waals surface area contributed by atoms with Crippen LogP contribution in [-0.2, 0) is 16.1 Å². The molecular formula is C14H22N4O3. The number of aliphatic carboxylic acids is 1. The smallest absolute Gasteiger partial charge is 0.310 e. The van der Waals surface area contributed by atoms with Gasteiger partial charge in [0, 0.05) is 13.5 Å². The highest BCUT2D eigenvalue weighted by molar-refractivity contribution is 5.85. The van der Waals surface area contributed by atoms with E-state index in [-0.39, 0.29) is 12.3 Å². The lowest BCUT2D eigenvalue weighted by Crippen LogP contribution is -2.39. The van der Waals surface area contributed by atoms with Crippen LogP contribution in [0.2, 0.25) is 0 Å². The molecule has 1 heterocycles. The summed E-state index contributed by atoms with van der Waals surface area (Å²) in [5.41, 5.74) is -0.890. The van der Waals surface area contributed by atoms with Gasteiger partial charge in [-0.25, -0.2) is 4.98 Å². The molecule has 2 rings (SSSR count). The topological polar surface area (TPSA) is 99.2 Å². The minimum Gasteiger partial charge on any atom is -0.481 e. The molecule has 0 atom stereocenters. The third kappa shape index (κ3) is 3.59. The minimum absolute atomic E-state index is 0.0578. The van der Waals surface area contributed by atoms with Crippen LogP contribution in [0.25, 0.3) is 0 Å². The zero-order valence-corrected chi connectivity index (χ0v) is 12.6. The van der Waals surface area contributed by atoms with E-state index in [1.807, 2.05) is 0 Å². The van der Waals surface area contributed by atoms with Crippen LogP contribution in [0.4, 0.5) is 0 Å². The average molecular weight is 294 g/mol. The maximum atomic E-state index is 12.3. The van der Waals surface area contributed by atoms with E-state index in [1.54, 1.807) is 14.0 Å². The highest BCUT2D eigenvalue weighted by Crippen LogP contribution is 2.40. The molecule has 0 aliphatic heterocycles. The highest BCUT2D eigenvalue weighted by Gasteiger charge is 2.42. The van der Waals surface area contributed by atoms with Crippen molar-refractivity contribution in [2.45, 2.75) is 52.0 Å². The number of amides is 1. The number of nitrogens with one attached hydrogen (secondary N) is 1. The summed E-state index contributed by atoms with van der Waals surface area (Å²) < 4.78 is 0. The fourth-order valence-corrected chi connectivity index (χ4v) is 2.88. The first kappa shape index (κ1) is 15.5. The first-order valence-corrected chi connectivity index (χ1v) is 7.28. The van der Waals surface area contributed by atoms with Crippen LogP contribution >= 0.6 is 0 Å². The Bertz CT molecular complexity index is 520. The Balaban J connectivity index is 1.99. The molecule has 7 heteroatoms. The molecule has 1 saturated carbocycles. The van der Waals surface area contributed by atoms with E-state index in [9.17, 15) is 14.7 Å². The predicted molar refractivity (Wildman–Crippen MR) is 75.4 cm³/mol. The number of H-pyrrole nitrogens is 1. The Morgan fingerprint density at radius 1 is 1.33 bits per heavy atom. The second-order valence-corrected chi connectivity index (χ2v) is 5.91. The Morgan fingerprint density at radius 2 is 2.00 bits per heavy atom. The normalized spacial score (nSPS) is 17.4.